The minimum absolute atomic E-state index is 0.132. The second kappa shape index (κ2) is 10.1. The highest BCUT2D eigenvalue weighted by Crippen LogP contribution is 2.24. The van der Waals surface area contributed by atoms with Gasteiger partial charge in [-0.05, 0) is 43.3 Å². The Morgan fingerprint density at radius 3 is 2.25 bits per heavy atom. The Kier molecular flexibility index (Phi) is 7.56. The molecule has 28 heavy (non-hydrogen) atoms. The van der Waals surface area contributed by atoms with Crippen molar-refractivity contribution in [3.63, 3.8) is 0 Å². The van der Waals surface area contributed by atoms with Gasteiger partial charge in [0.1, 0.15) is 5.75 Å². The summed E-state index contributed by atoms with van der Waals surface area (Å²) in [6.45, 7) is 5.49. The van der Waals surface area contributed by atoms with Crippen LogP contribution in [0.5, 0.6) is 5.75 Å². The van der Waals surface area contributed by atoms with Crippen molar-refractivity contribution in [1.82, 2.24) is 0 Å². The molecule has 0 aromatic heterocycles. The van der Waals surface area contributed by atoms with E-state index in [0.29, 0.717) is 29.4 Å². The third-order valence-electron chi connectivity index (χ3n) is 3.90. The van der Waals surface area contributed by atoms with Gasteiger partial charge in [-0.15, -0.1) is 0 Å². The van der Waals surface area contributed by atoms with E-state index in [1.165, 1.54) is 18.7 Å². The summed E-state index contributed by atoms with van der Waals surface area (Å²) in [5.74, 6) is 0.0542. The summed E-state index contributed by atoms with van der Waals surface area (Å²) in [5, 5.41) is 5.50. The predicted molar refractivity (Wildman–Crippen MR) is 110 cm³/mol. The first kappa shape index (κ1) is 21.0. The summed E-state index contributed by atoms with van der Waals surface area (Å²) in [5.41, 5.74) is 1.90. The quantitative estimate of drug-likeness (QED) is 0.731. The van der Waals surface area contributed by atoms with Crippen molar-refractivity contribution in [2.45, 2.75) is 27.2 Å². The van der Waals surface area contributed by atoms with E-state index in [-0.39, 0.29) is 30.7 Å². The summed E-state index contributed by atoms with van der Waals surface area (Å²) in [6.07, 6.45) is 0.132. The maximum atomic E-state index is 12.4. The molecular weight excluding hydrogens is 358 g/mol. The van der Waals surface area contributed by atoms with Crippen LogP contribution in [0.25, 0.3) is 0 Å². The second-order valence-corrected chi connectivity index (χ2v) is 6.13. The average molecular weight is 383 g/mol. The van der Waals surface area contributed by atoms with Crippen LogP contribution in [0, 0.1) is 0 Å². The Labute approximate surface area is 164 Å². The fourth-order valence-corrected chi connectivity index (χ4v) is 2.67. The maximum absolute atomic E-state index is 12.4. The Morgan fingerprint density at radius 1 is 0.964 bits per heavy atom. The first-order valence-corrected chi connectivity index (χ1v) is 9.08. The van der Waals surface area contributed by atoms with E-state index < -0.39 is 0 Å². The molecule has 0 unspecified atom stereocenters. The number of carbonyl (C=O) groups excluding carboxylic acids is 3. The van der Waals surface area contributed by atoms with Crippen molar-refractivity contribution in [1.29, 1.82) is 0 Å². The van der Waals surface area contributed by atoms with Crippen molar-refractivity contribution in [3.8, 4) is 5.75 Å². The summed E-state index contributed by atoms with van der Waals surface area (Å²) in [6, 6.07) is 14.1. The first-order valence-electron chi connectivity index (χ1n) is 9.08. The molecule has 148 valence electrons. The Bertz CT molecular complexity index is 834. The van der Waals surface area contributed by atoms with Gasteiger partial charge in [0, 0.05) is 38.2 Å². The average Bonchev–Trinajstić information content (AvgIpc) is 2.64. The van der Waals surface area contributed by atoms with Crippen LogP contribution >= 0.6 is 0 Å². The topological polar surface area (TPSA) is 87.7 Å². The minimum atomic E-state index is -0.215. The van der Waals surface area contributed by atoms with Gasteiger partial charge in [-0.1, -0.05) is 12.1 Å². The number of anilines is 3. The summed E-state index contributed by atoms with van der Waals surface area (Å²) >= 11 is 0. The molecule has 7 nitrogen and oxygen atoms in total. The van der Waals surface area contributed by atoms with E-state index in [1.54, 1.807) is 36.4 Å². The summed E-state index contributed by atoms with van der Waals surface area (Å²) in [7, 11) is 0. The Morgan fingerprint density at radius 2 is 1.64 bits per heavy atom. The van der Waals surface area contributed by atoms with E-state index in [0.717, 1.165) is 0 Å². The van der Waals surface area contributed by atoms with E-state index in [2.05, 4.69) is 10.6 Å². The molecule has 2 rings (SSSR count). The highest BCUT2D eigenvalue weighted by Gasteiger charge is 2.14. The van der Waals surface area contributed by atoms with Gasteiger partial charge in [0.25, 0.3) is 0 Å². The SMILES string of the molecule is CCOc1ccccc1NC(=O)CCN(C(C)=O)c1ccc(NC(C)=O)cc1. The Balaban J connectivity index is 2.00. The molecule has 2 aromatic carbocycles. The molecule has 0 atom stereocenters. The number of ether oxygens (including phenoxy) is 1. The van der Waals surface area contributed by atoms with E-state index in [4.69, 9.17) is 4.74 Å². The summed E-state index contributed by atoms with van der Waals surface area (Å²) < 4.78 is 5.50. The lowest BCUT2D eigenvalue weighted by Gasteiger charge is -2.21. The number of rotatable bonds is 8. The van der Waals surface area contributed by atoms with Gasteiger partial charge < -0.3 is 20.3 Å². The number of amides is 3. The number of nitrogens with zero attached hydrogens (tertiary/aromatic N) is 1. The standard InChI is InChI=1S/C21H25N3O4/c1-4-28-20-8-6-5-7-19(20)23-21(27)13-14-24(16(3)26)18-11-9-17(10-12-18)22-15(2)25/h5-12H,4,13-14H2,1-3H3,(H,22,25)(H,23,27). The van der Waals surface area contributed by atoms with Crippen molar-refractivity contribution >= 4 is 34.8 Å². The predicted octanol–water partition coefficient (Wildman–Crippen LogP) is 3.43. The highest BCUT2D eigenvalue weighted by molar-refractivity contribution is 5.96. The van der Waals surface area contributed by atoms with Crippen LogP contribution in [-0.4, -0.2) is 30.9 Å². The second-order valence-electron chi connectivity index (χ2n) is 6.13. The van der Waals surface area contributed by atoms with Crippen LogP contribution in [0.15, 0.2) is 48.5 Å². The molecule has 0 saturated heterocycles. The molecule has 7 heteroatoms. The van der Waals surface area contributed by atoms with Gasteiger partial charge in [0.2, 0.25) is 17.7 Å². The van der Waals surface area contributed by atoms with Crippen molar-refractivity contribution in [3.05, 3.63) is 48.5 Å². The van der Waals surface area contributed by atoms with Crippen LogP contribution in [0.1, 0.15) is 27.2 Å². The largest absolute Gasteiger partial charge is 0.492 e. The fourth-order valence-electron chi connectivity index (χ4n) is 2.67. The molecule has 0 saturated carbocycles. The molecule has 0 radical (unpaired) electrons. The molecule has 0 spiro atoms. The van der Waals surface area contributed by atoms with Gasteiger partial charge in [0.05, 0.1) is 12.3 Å². The third-order valence-corrected chi connectivity index (χ3v) is 3.90. The molecule has 0 fully saturated rings. The molecule has 0 bridgehead atoms. The molecule has 3 amide bonds. The minimum Gasteiger partial charge on any atom is -0.492 e. The van der Waals surface area contributed by atoms with Crippen LogP contribution in [-0.2, 0) is 14.4 Å². The molecule has 0 aliphatic carbocycles. The van der Waals surface area contributed by atoms with Gasteiger partial charge in [0.15, 0.2) is 0 Å². The number of benzene rings is 2. The van der Waals surface area contributed by atoms with Crippen LogP contribution < -0.4 is 20.3 Å². The molecule has 2 N–H and O–H groups in total. The van der Waals surface area contributed by atoms with E-state index >= 15 is 0 Å². The number of hydrogen-bond donors (Lipinski definition) is 2. The Hall–Kier alpha value is -3.35. The summed E-state index contributed by atoms with van der Waals surface area (Å²) in [4.78, 5) is 37.0. The zero-order chi connectivity index (χ0) is 20.5. The fraction of sp³-hybridized carbons (Fsp3) is 0.286. The maximum Gasteiger partial charge on any atom is 0.226 e. The zero-order valence-corrected chi connectivity index (χ0v) is 16.3. The number of para-hydroxylation sites is 2. The van der Waals surface area contributed by atoms with Crippen molar-refractivity contribution in [2.75, 3.05) is 28.7 Å². The molecular formula is C21H25N3O4. The van der Waals surface area contributed by atoms with E-state index in [9.17, 15) is 14.4 Å². The van der Waals surface area contributed by atoms with Crippen molar-refractivity contribution in [2.24, 2.45) is 0 Å². The highest BCUT2D eigenvalue weighted by atomic mass is 16.5. The molecule has 0 heterocycles. The first-order chi connectivity index (χ1) is 13.4. The lowest BCUT2D eigenvalue weighted by atomic mass is 10.2. The van der Waals surface area contributed by atoms with Crippen LogP contribution in [0.2, 0.25) is 0 Å². The smallest absolute Gasteiger partial charge is 0.226 e. The van der Waals surface area contributed by atoms with Gasteiger partial charge in [-0.3, -0.25) is 14.4 Å². The normalized spacial score (nSPS) is 10.1. The zero-order valence-electron chi connectivity index (χ0n) is 16.3. The molecule has 2 aromatic rings. The van der Waals surface area contributed by atoms with Gasteiger partial charge >= 0.3 is 0 Å². The van der Waals surface area contributed by atoms with Crippen LogP contribution in [0.4, 0.5) is 17.1 Å². The third kappa shape index (κ3) is 6.12. The van der Waals surface area contributed by atoms with E-state index in [1.807, 2.05) is 19.1 Å². The lowest BCUT2D eigenvalue weighted by molar-refractivity contribution is -0.117. The van der Waals surface area contributed by atoms with Crippen molar-refractivity contribution < 1.29 is 19.1 Å². The van der Waals surface area contributed by atoms with Crippen LogP contribution in [0.3, 0.4) is 0 Å². The lowest BCUT2D eigenvalue weighted by Crippen LogP contribution is -2.32. The van der Waals surface area contributed by atoms with Gasteiger partial charge in [-0.2, -0.15) is 0 Å². The van der Waals surface area contributed by atoms with Gasteiger partial charge in [-0.25, -0.2) is 0 Å². The number of carbonyl (C=O) groups is 3. The molecule has 0 aliphatic heterocycles. The monoisotopic (exact) mass is 383 g/mol. The number of hydrogen-bond acceptors (Lipinski definition) is 4. The molecule has 0 aliphatic rings. The number of nitrogens with one attached hydrogen (secondary N) is 2.